The summed E-state index contributed by atoms with van der Waals surface area (Å²) in [6.07, 6.45) is 4.08. The fourth-order valence-corrected chi connectivity index (χ4v) is 2.30. The highest BCUT2D eigenvalue weighted by atomic mass is 16.3. The van der Waals surface area contributed by atoms with Gasteiger partial charge in [-0.3, -0.25) is 0 Å². The SMILES string of the molecule is CCC[NH+](Cc1cccc(O)c1)CC1CC1. The third kappa shape index (κ3) is 3.53. The molecular weight excluding hydrogens is 198 g/mol. The molecule has 0 bridgehead atoms. The molecule has 1 aromatic carbocycles. The van der Waals surface area contributed by atoms with Crippen LogP contribution in [0.5, 0.6) is 5.75 Å². The fourth-order valence-electron chi connectivity index (χ4n) is 2.30. The predicted octanol–water partition coefficient (Wildman–Crippen LogP) is 1.60. The van der Waals surface area contributed by atoms with Gasteiger partial charge in [0.2, 0.25) is 0 Å². The van der Waals surface area contributed by atoms with Crippen LogP contribution in [0, 0.1) is 5.92 Å². The normalized spacial score (nSPS) is 17.3. The van der Waals surface area contributed by atoms with Gasteiger partial charge in [0.25, 0.3) is 0 Å². The Bertz CT molecular complexity index is 333. The Morgan fingerprint density at radius 3 is 2.81 bits per heavy atom. The summed E-state index contributed by atoms with van der Waals surface area (Å²) in [5.41, 5.74) is 1.25. The van der Waals surface area contributed by atoms with Crippen molar-refractivity contribution >= 4 is 0 Å². The molecular formula is C14H22NO+. The molecule has 0 radical (unpaired) electrons. The quantitative estimate of drug-likeness (QED) is 0.748. The van der Waals surface area contributed by atoms with Gasteiger partial charge < -0.3 is 10.0 Å². The van der Waals surface area contributed by atoms with Crippen LogP contribution in [0.1, 0.15) is 31.7 Å². The second-order valence-corrected chi connectivity index (χ2v) is 4.99. The van der Waals surface area contributed by atoms with E-state index in [2.05, 4.69) is 13.0 Å². The van der Waals surface area contributed by atoms with Crippen LogP contribution in [0.2, 0.25) is 0 Å². The highest BCUT2D eigenvalue weighted by Gasteiger charge is 2.26. The van der Waals surface area contributed by atoms with Gasteiger partial charge in [0.05, 0.1) is 13.1 Å². The molecule has 1 unspecified atom stereocenters. The lowest BCUT2D eigenvalue weighted by molar-refractivity contribution is -0.915. The number of rotatable bonds is 6. The van der Waals surface area contributed by atoms with Crippen molar-refractivity contribution in [1.29, 1.82) is 0 Å². The Morgan fingerprint density at radius 2 is 2.19 bits per heavy atom. The minimum atomic E-state index is 0.389. The van der Waals surface area contributed by atoms with Crippen molar-refractivity contribution in [3.8, 4) is 5.75 Å². The van der Waals surface area contributed by atoms with Crippen LogP contribution >= 0.6 is 0 Å². The predicted molar refractivity (Wildman–Crippen MR) is 65.5 cm³/mol. The molecule has 16 heavy (non-hydrogen) atoms. The van der Waals surface area contributed by atoms with E-state index in [0.29, 0.717) is 5.75 Å². The summed E-state index contributed by atoms with van der Waals surface area (Å²) in [5.74, 6) is 1.36. The van der Waals surface area contributed by atoms with Crippen molar-refractivity contribution in [3.63, 3.8) is 0 Å². The molecule has 0 aromatic heterocycles. The summed E-state index contributed by atoms with van der Waals surface area (Å²) >= 11 is 0. The number of hydrogen-bond donors (Lipinski definition) is 2. The number of aromatic hydroxyl groups is 1. The largest absolute Gasteiger partial charge is 0.508 e. The molecule has 0 amide bonds. The summed E-state index contributed by atoms with van der Waals surface area (Å²) < 4.78 is 0. The van der Waals surface area contributed by atoms with E-state index < -0.39 is 0 Å². The lowest BCUT2D eigenvalue weighted by Crippen LogP contribution is -3.11. The molecule has 1 atom stereocenters. The van der Waals surface area contributed by atoms with Crippen LogP contribution in [0.25, 0.3) is 0 Å². The zero-order chi connectivity index (χ0) is 11.4. The van der Waals surface area contributed by atoms with Gasteiger partial charge >= 0.3 is 0 Å². The van der Waals surface area contributed by atoms with Crippen LogP contribution in [0.3, 0.4) is 0 Å². The number of phenols is 1. The van der Waals surface area contributed by atoms with Crippen molar-refractivity contribution in [2.75, 3.05) is 13.1 Å². The fraction of sp³-hybridized carbons (Fsp3) is 0.571. The molecule has 0 saturated heterocycles. The van der Waals surface area contributed by atoms with Gasteiger partial charge in [-0.2, -0.15) is 0 Å². The van der Waals surface area contributed by atoms with Gasteiger partial charge in [-0.1, -0.05) is 19.1 Å². The standard InChI is InChI=1S/C14H21NO/c1-2-8-15(10-12-6-7-12)11-13-4-3-5-14(16)9-13/h3-5,9,12,16H,2,6-8,10-11H2,1H3/p+1. The molecule has 1 aliphatic carbocycles. The average Bonchev–Trinajstić information content (AvgIpc) is 3.02. The van der Waals surface area contributed by atoms with Crippen molar-refractivity contribution < 1.29 is 10.0 Å². The molecule has 0 spiro atoms. The summed E-state index contributed by atoms with van der Waals surface area (Å²) in [6, 6.07) is 7.68. The molecule has 0 heterocycles. The van der Waals surface area contributed by atoms with Gasteiger partial charge in [0.1, 0.15) is 12.3 Å². The zero-order valence-corrected chi connectivity index (χ0v) is 10.1. The molecule has 2 heteroatoms. The van der Waals surface area contributed by atoms with E-state index in [-0.39, 0.29) is 0 Å². The molecule has 1 saturated carbocycles. The summed E-state index contributed by atoms with van der Waals surface area (Å²) in [6.45, 7) is 5.85. The molecule has 1 fully saturated rings. The first kappa shape index (κ1) is 11.5. The monoisotopic (exact) mass is 220 g/mol. The maximum Gasteiger partial charge on any atom is 0.116 e. The van der Waals surface area contributed by atoms with E-state index in [4.69, 9.17) is 0 Å². The van der Waals surface area contributed by atoms with Crippen LogP contribution in [0.15, 0.2) is 24.3 Å². The topological polar surface area (TPSA) is 24.7 Å². The summed E-state index contributed by atoms with van der Waals surface area (Å²) in [7, 11) is 0. The minimum absolute atomic E-state index is 0.389. The van der Waals surface area contributed by atoms with Gasteiger partial charge in [-0.05, 0) is 31.4 Å². The molecule has 0 aliphatic heterocycles. The first-order valence-electron chi connectivity index (χ1n) is 6.39. The van der Waals surface area contributed by atoms with Crippen LogP contribution in [0.4, 0.5) is 0 Å². The van der Waals surface area contributed by atoms with E-state index in [9.17, 15) is 5.11 Å². The van der Waals surface area contributed by atoms with Crippen molar-refractivity contribution in [1.82, 2.24) is 0 Å². The maximum absolute atomic E-state index is 9.44. The average molecular weight is 220 g/mol. The third-order valence-electron chi connectivity index (χ3n) is 3.24. The van der Waals surface area contributed by atoms with Gasteiger partial charge in [-0.15, -0.1) is 0 Å². The van der Waals surface area contributed by atoms with Gasteiger partial charge in [-0.25, -0.2) is 0 Å². The van der Waals surface area contributed by atoms with Crippen molar-refractivity contribution in [3.05, 3.63) is 29.8 Å². The number of hydrogen-bond acceptors (Lipinski definition) is 1. The minimum Gasteiger partial charge on any atom is -0.508 e. The Morgan fingerprint density at radius 1 is 1.38 bits per heavy atom. The Kier molecular flexibility index (Phi) is 3.83. The molecule has 1 aliphatic rings. The van der Waals surface area contributed by atoms with Crippen molar-refractivity contribution in [2.24, 2.45) is 5.92 Å². The Labute approximate surface area is 97.9 Å². The first-order valence-corrected chi connectivity index (χ1v) is 6.39. The van der Waals surface area contributed by atoms with Gasteiger partial charge in [0.15, 0.2) is 0 Å². The van der Waals surface area contributed by atoms with E-state index in [0.717, 1.165) is 12.5 Å². The number of nitrogens with one attached hydrogen (secondary N) is 1. The summed E-state index contributed by atoms with van der Waals surface area (Å²) in [4.78, 5) is 1.66. The third-order valence-corrected chi connectivity index (χ3v) is 3.24. The molecule has 88 valence electrons. The van der Waals surface area contributed by atoms with E-state index in [1.165, 1.54) is 37.9 Å². The molecule has 1 aromatic rings. The van der Waals surface area contributed by atoms with Crippen LogP contribution < -0.4 is 4.90 Å². The van der Waals surface area contributed by atoms with E-state index in [1.807, 2.05) is 12.1 Å². The number of benzene rings is 1. The summed E-state index contributed by atoms with van der Waals surface area (Å²) in [5, 5.41) is 9.44. The second-order valence-electron chi connectivity index (χ2n) is 4.99. The van der Waals surface area contributed by atoms with E-state index >= 15 is 0 Å². The molecule has 2 nitrogen and oxygen atoms in total. The highest BCUT2D eigenvalue weighted by Crippen LogP contribution is 2.26. The number of quaternary nitrogens is 1. The van der Waals surface area contributed by atoms with Crippen LogP contribution in [-0.2, 0) is 6.54 Å². The smallest absolute Gasteiger partial charge is 0.116 e. The first-order chi connectivity index (χ1) is 7.78. The Balaban J connectivity index is 1.92. The van der Waals surface area contributed by atoms with Crippen LogP contribution in [-0.4, -0.2) is 18.2 Å². The molecule has 2 rings (SSSR count). The lowest BCUT2D eigenvalue weighted by Gasteiger charge is -2.18. The van der Waals surface area contributed by atoms with Gasteiger partial charge in [0, 0.05) is 11.5 Å². The lowest BCUT2D eigenvalue weighted by atomic mass is 10.2. The highest BCUT2D eigenvalue weighted by molar-refractivity contribution is 5.26. The Hall–Kier alpha value is -1.02. The maximum atomic E-state index is 9.44. The van der Waals surface area contributed by atoms with Crippen molar-refractivity contribution in [2.45, 2.75) is 32.7 Å². The van der Waals surface area contributed by atoms with E-state index in [1.54, 1.807) is 11.0 Å². The number of phenolic OH excluding ortho intramolecular Hbond substituents is 1. The molecule has 2 N–H and O–H groups in total. The second kappa shape index (κ2) is 5.35. The zero-order valence-electron chi connectivity index (χ0n) is 10.1.